The number of fused-ring (bicyclic) bond motifs is 10. The molecule has 10 aliphatic rings. The van der Waals surface area contributed by atoms with Crippen molar-refractivity contribution in [2.24, 2.45) is 8.60 Å². The minimum atomic E-state index is -1.34. The van der Waals surface area contributed by atoms with Crippen molar-refractivity contribution < 1.29 is 81.4 Å². The molecule has 24 nitrogen and oxygen atoms in total. The van der Waals surface area contributed by atoms with Crippen molar-refractivity contribution in [1.29, 1.82) is 0 Å². The molecule has 0 atom stereocenters. The van der Waals surface area contributed by atoms with Crippen molar-refractivity contribution >= 4 is 169 Å². The summed E-state index contributed by atoms with van der Waals surface area (Å²) in [6.45, 7) is 1.28. The average molecular weight is 2070 g/mol. The minimum absolute atomic E-state index is 0.250. The van der Waals surface area contributed by atoms with Crippen molar-refractivity contribution in [3.63, 3.8) is 0 Å². The van der Waals surface area contributed by atoms with Crippen LogP contribution in [0.2, 0.25) is 0 Å². The van der Waals surface area contributed by atoms with Gasteiger partial charge in [-0.05, 0) is 307 Å². The number of hydrogen-bond acceptors (Lipinski definition) is 21. The molecule has 5 fully saturated rings. The number of thiol groups is 2. The summed E-state index contributed by atoms with van der Waals surface area (Å²) in [6, 6.07) is 83.5. The first kappa shape index (κ1) is 96.6. The Morgan fingerprint density at radius 2 is 0.566 bits per heavy atom. The summed E-state index contributed by atoms with van der Waals surface area (Å²) in [5, 5.41) is 22.8. The zero-order valence-electron chi connectivity index (χ0n) is 77.6. The number of Topliss-reactive ketones (excluding diaryl/α,β-unsaturated/α-hetero) is 5. The first-order valence-electron chi connectivity index (χ1n) is 47.1. The van der Waals surface area contributed by atoms with Crippen LogP contribution in [-0.4, -0.2) is 120 Å². The number of nitrogens with zero attached hydrogens (tertiary/aromatic N) is 2. The van der Waals surface area contributed by atoms with Crippen LogP contribution in [0, 0.1) is 0 Å². The summed E-state index contributed by atoms with van der Waals surface area (Å²) in [6.07, 6.45) is 21.1. The Morgan fingerprint density at radius 3 is 0.853 bits per heavy atom. The van der Waals surface area contributed by atoms with Gasteiger partial charge in [-0.15, -0.1) is 0 Å². The van der Waals surface area contributed by atoms with E-state index < -0.39 is 7.12 Å². The zero-order chi connectivity index (χ0) is 98.6. The number of rotatable bonds is 22. The van der Waals surface area contributed by atoms with Gasteiger partial charge in [0.15, 0.2) is 57.5 Å². The maximum absolute atomic E-state index is 13.3. The molecule has 27 rings (SSSR count). The van der Waals surface area contributed by atoms with Crippen molar-refractivity contribution in [2.75, 3.05) is 34.0 Å². The molecule has 0 bridgehead atoms. The first-order chi connectivity index (χ1) is 69.7. The van der Waals surface area contributed by atoms with Gasteiger partial charge in [0.25, 0.3) is 0 Å². The first-order valence-corrected chi connectivity index (χ1v) is 49.5. The van der Waals surface area contributed by atoms with E-state index in [1.54, 1.807) is 24.3 Å². The van der Waals surface area contributed by atoms with Crippen LogP contribution in [0.25, 0.3) is 65.6 Å². The molecule has 2 radical (unpaired) electrons. The molecular weight excluding hydrogens is 1970 g/mol. The van der Waals surface area contributed by atoms with Gasteiger partial charge in [0.2, 0.25) is 34.0 Å². The van der Waals surface area contributed by atoms with Crippen LogP contribution in [-0.2, 0) is 83.2 Å². The fraction of sp³-hybridized carbons (Fsp3) is 0.223. The Morgan fingerprint density at radius 1 is 0.308 bits per heavy atom. The van der Waals surface area contributed by atoms with E-state index in [4.69, 9.17) is 57.4 Å². The maximum atomic E-state index is 13.3. The summed E-state index contributed by atoms with van der Waals surface area (Å²) >= 11 is 13.5. The van der Waals surface area contributed by atoms with Crippen molar-refractivity contribution in [3.8, 4) is 68.6 Å². The van der Waals surface area contributed by atoms with E-state index in [1.165, 1.54) is 5.56 Å². The number of carbonyl (C=O) groups is 5. The molecule has 5 aromatic heterocycles. The number of carbonyl (C=O) groups excluding carboxylic acids is 5. The fourth-order valence-electron chi connectivity index (χ4n) is 19.7. The standard InChI is InChI=1S/C26H21NO3.2C20H16BrNO3.2C20H17NO3.C6H7BO2.2BHNS/c28-25(26(10-11-26)19-7-9-23-24(14-19)30-16-29-23)13-17-6-8-22-20(12-17)21(15-27-22)18-4-2-1-3-5-18;2*21-15-10-22-16-3-1-12(7-14(15)16)8-19(23)20(5-6-20)13-2-4-17-18(9-13)25-11-24-17;2*22-19(10-13-1-3-16-14(9-13)5-8-21-16)20(6-7-20)15-2-4-17-18(11-15)24-12-23-17;8-7(9)6-4-2-1-3-5-6;2*1-2-3/h1-9,12,14-15,27H,10-11,13,16H2;2*1-4,7,9-10,22H,5-6,8,11H2;2*1-5,8-9,11,21H,6-7,10,12H2;1-5,8-9H;2*3H. The monoisotopic (exact) mass is 2070 g/mol. The molecule has 31 heteroatoms. The summed E-state index contributed by atoms with van der Waals surface area (Å²) < 4.78 is 61.7. The predicted molar refractivity (Wildman–Crippen MR) is 564 cm³/mol. The Labute approximate surface area is 853 Å². The van der Waals surface area contributed by atoms with Crippen LogP contribution in [0.3, 0.4) is 0 Å². The van der Waals surface area contributed by atoms with Crippen LogP contribution >= 0.6 is 57.5 Å². The third-order valence-electron chi connectivity index (χ3n) is 28.4. The topological polar surface area (TPSA) is 322 Å². The van der Waals surface area contributed by atoms with E-state index >= 15 is 0 Å². The number of halogens is 2. The Bertz CT molecular complexity index is 7390. The van der Waals surface area contributed by atoms with Crippen LogP contribution in [0.15, 0.2) is 303 Å². The molecule has 10 heterocycles. The van der Waals surface area contributed by atoms with Crippen molar-refractivity contribution in [3.05, 3.63) is 350 Å². The van der Waals surface area contributed by atoms with Crippen LogP contribution in [0.1, 0.15) is 120 Å². The Hall–Kier alpha value is -13.9. The second kappa shape index (κ2) is 41.6. The average Bonchev–Trinajstić information content (AvgIpc) is 1.59. The zero-order valence-corrected chi connectivity index (χ0v) is 82.5. The number of aromatic nitrogens is 5. The molecule has 7 N–H and O–H groups in total. The number of benzene rings is 12. The quantitative estimate of drug-likeness (QED) is 0.0225. The second-order valence-electron chi connectivity index (χ2n) is 37.0. The summed E-state index contributed by atoms with van der Waals surface area (Å²) in [7, 11) is 7.33. The number of nitrogens with one attached hydrogen (secondary N) is 5. The van der Waals surface area contributed by atoms with Gasteiger partial charge < -0.3 is 82.3 Å². The summed E-state index contributed by atoms with van der Waals surface area (Å²) in [5.41, 5.74) is 17.0. The van der Waals surface area contributed by atoms with Crippen LogP contribution in [0.5, 0.6) is 57.5 Å². The van der Waals surface area contributed by atoms with Gasteiger partial charge in [0.05, 0.1) is 27.1 Å². The van der Waals surface area contributed by atoms with Gasteiger partial charge in [-0.3, -0.25) is 24.0 Å². The molecule has 0 amide bonds. The molecular formula is C112H96B3Br2N7O17S2. The van der Waals surface area contributed by atoms with E-state index in [0.717, 1.165) is 246 Å². The van der Waals surface area contributed by atoms with E-state index in [1.807, 2.05) is 207 Å². The summed E-state index contributed by atoms with van der Waals surface area (Å²) in [4.78, 5) is 81.6. The fourth-order valence-corrected chi connectivity index (χ4v) is 20.6. The van der Waals surface area contributed by atoms with Crippen molar-refractivity contribution in [2.45, 2.75) is 123 Å². The molecule has 0 saturated heterocycles. The van der Waals surface area contributed by atoms with Gasteiger partial charge >= 0.3 is 56.6 Å². The molecule has 0 spiro atoms. The molecule has 0 unspecified atom stereocenters. The Kier molecular flexibility index (Phi) is 28.1. The SMILES string of the molecule is O=C(Cc1ccc2[nH]cc(-c3ccccc3)c2c1)C1(c2ccc3c(c2)OCO3)CC1.O=C(Cc1ccc2[nH]cc(Br)c2c1)C1(c2ccc3c(c2)OCO3)CC1.O=C(Cc1ccc2[nH]cc(Br)c2c1)C1(c2ccc3c(c2)OCO3)CC1.O=C(Cc1ccc2[nH]ccc2c1)C1(c2ccc3c(c2)OCO3)CC1.O=C(Cc1ccc2[nH]ccc2c1)C1(c2ccc3c(c2)OCO3)CC1.OB(O)c1ccccc1.[B]=NS.[B]=NS. The van der Waals surface area contributed by atoms with Gasteiger partial charge in [-0.2, -0.15) is 0 Å². The third kappa shape index (κ3) is 20.6. The van der Waals surface area contributed by atoms with E-state index in [2.05, 4.69) is 161 Å². The number of aromatic amines is 5. The molecule has 143 heavy (non-hydrogen) atoms. The van der Waals surface area contributed by atoms with Crippen LogP contribution < -0.4 is 52.8 Å². The van der Waals surface area contributed by atoms with E-state index in [9.17, 15) is 24.0 Å². The predicted octanol–water partition coefficient (Wildman–Crippen LogP) is 21.6. The summed E-state index contributed by atoms with van der Waals surface area (Å²) in [5.74, 6) is 8.94. The second-order valence-corrected chi connectivity index (χ2v) is 39.2. The van der Waals surface area contributed by atoms with E-state index in [-0.39, 0.29) is 90.0 Å². The Balaban J connectivity index is 0.000000105. The number of H-pyrrole nitrogens is 5. The van der Waals surface area contributed by atoms with Gasteiger partial charge in [0.1, 0.15) is 28.9 Å². The van der Waals surface area contributed by atoms with Gasteiger partial charge in [-0.25, -0.2) is 0 Å². The van der Waals surface area contributed by atoms with Crippen molar-refractivity contribution in [1.82, 2.24) is 24.9 Å². The molecule has 5 aliphatic heterocycles. The number of hydrogen-bond donors (Lipinski definition) is 9. The number of ketones is 5. The molecule has 716 valence electrons. The molecule has 5 aliphatic carbocycles. The van der Waals surface area contributed by atoms with E-state index in [0.29, 0.717) is 37.6 Å². The molecule has 5 saturated carbocycles. The van der Waals surface area contributed by atoms with Gasteiger partial charge in [0, 0.05) is 121 Å². The number of ether oxygens (including phenoxy) is 10. The van der Waals surface area contributed by atoms with Gasteiger partial charge in [-0.1, -0.05) is 121 Å². The third-order valence-corrected chi connectivity index (χ3v) is 29.7. The normalized spacial score (nSPS) is 15.8. The molecule has 12 aromatic carbocycles. The van der Waals surface area contributed by atoms with Crippen LogP contribution in [0.4, 0.5) is 0 Å². The molecule has 17 aromatic rings.